The second kappa shape index (κ2) is 2.87. The molecule has 0 unspecified atom stereocenters. The van der Waals surface area contributed by atoms with Crippen LogP contribution in [0, 0.1) is 11.3 Å². The maximum absolute atomic E-state index is 11.6. The van der Waals surface area contributed by atoms with E-state index in [9.17, 15) is 4.79 Å². The zero-order chi connectivity index (χ0) is 9.26. The summed E-state index contributed by atoms with van der Waals surface area (Å²) in [6.45, 7) is 0. The van der Waals surface area contributed by atoms with Crippen LogP contribution in [0.25, 0.3) is 0 Å². The number of hydrogen-bond donors (Lipinski definition) is 0. The number of ketones is 1. The Hall–Kier alpha value is -1.88. The van der Waals surface area contributed by atoms with Crippen molar-refractivity contribution in [3.05, 3.63) is 47.0 Å². The van der Waals surface area contributed by atoms with E-state index < -0.39 is 0 Å². The fraction of sp³-hybridized carbons (Fsp3) is 0.0909. The van der Waals surface area contributed by atoms with Gasteiger partial charge in [-0.05, 0) is 5.56 Å². The van der Waals surface area contributed by atoms with Crippen LogP contribution in [-0.2, 0) is 6.42 Å². The summed E-state index contributed by atoms with van der Waals surface area (Å²) in [4.78, 5) is 11.6. The molecular weight excluding hydrogens is 162 g/mol. The molecule has 0 radical (unpaired) electrons. The number of fused-ring (bicyclic) bond motifs is 1. The van der Waals surface area contributed by atoms with Crippen LogP contribution in [-0.4, -0.2) is 5.78 Å². The lowest BCUT2D eigenvalue weighted by Crippen LogP contribution is -1.94. The lowest BCUT2D eigenvalue weighted by Gasteiger charge is -1.91. The molecule has 0 bridgehead atoms. The Morgan fingerprint density at radius 3 is 2.85 bits per heavy atom. The molecule has 0 saturated heterocycles. The van der Waals surface area contributed by atoms with Gasteiger partial charge in [-0.25, -0.2) is 0 Å². The SMILES string of the molecule is N#C/C=C1/Cc2ccccc2C1=O. The molecule has 62 valence electrons. The van der Waals surface area contributed by atoms with Gasteiger partial charge in [0, 0.05) is 23.6 Å². The van der Waals surface area contributed by atoms with E-state index in [4.69, 9.17) is 5.26 Å². The Labute approximate surface area is 76.1 Å². The third-order valence-electron chi connectivity index (χ3n) is 2.17. The fourth-order valence-electron chi connectivity index (χ4n) is 1.55. The molecule has 13 heavy (non-hydrogen) atoms. The van der Waals surface area contributed by atoms with Gasteiger partial charge < -0.3 is 0 Å². The summed E-state index contributed by atoms with van der Waals surface area (Å²) >= 11 is 0. The van der Waals surface area contributed by atoms with Gasteiger partial charge in [-0.15, -0.1) is 0 Å². The van der Waals surface area contributed by atoms with Gasteiger partial charge in [-0.3, -0.25) is 4.79 Å². The highest BCUT2D eigenvalue weighted by molar-refractivity contribution is 6.13. The first-order chi connectivity index (χ1) is 6.33. The summed E-state index contributed by atoms with van der Waals surface area (Å²) < 4.78 is 0. The van der Waals surface area contributed by atoms with Gasteiger partial charge in [0.2, 0.25) is 0 Å². The minimum Gasteiger partial charge on any atom is -0.289 e. The number of hydrogen-bond acceptors (Lipinski definition) is 2. The van der Waals surface area contributed by atoms with Crippen molar-refractivity contribution in [2.24, 2.45) is 0 Å². The summed E-state index contributed by atoms with van der Waals surface area (Å²) in [5.41, 5.74) is 2.36. The van der Waals surface area contributed by atoms with Gasteiger partial charge in [0.15, 0.2) is 5.78 Å². The first kappa shape index (κ1) is 7.75. The van der Waals surface area contributed by atoms with Crippen LogP contribution >= 0.6 is 0 Å². The van der Waals surface area contributed by atoms with E-state index in [0.717, 1.165) is 11.1 Å². The zero-order valence-electron chi connectivity index (χ0n) is 6.95. The van der Waals surface area contributed by atoms with Gasteiger partial charge in [-0.2, -0.15) is 5.26 Å². The van der Waals surface area contributed by atoms with Gasteiger partial charge in [-0.1, -0.05) is 24.3 Å². The molecule has 0 spiro atoms. The number of carbonyl (C=O) groups is 1. The molecule has 2 rings (SSSR count). The van der Waals surface area contributed by atoms with Crippen molar-refractivity contribution in [3.63, 3.8) is 0 Å². The van der Waals surface area contributed by atoms with Crippen LogP contribution in [0.4, 0.5) is 0 Å². The van der Waals surface area contributed by atoms with Crippen LogP contribution in [0.15, 0.2) is 35.9 Å². The first-order valence-corrected chi connectivity index (χ1v) is 4.04. The summed E-state index contributed by atoms with van der Waals surface area (Å²) in [7, 11) is 0. The zero-order valence-corrected chi connectivity index (χ0v) is 6.95. The lowest BCUT2D eigenvalue weighted by molar-refractivity contribution is 0.103. The Balaban J connectivity index is 2.51. The van der Waals surface area contributed by atoms with Crippen LogP contribution in [0.3, 0.4) is 0 Å². The monoisotopic (exact) mass is 169 g/mol. The maximum Gasteiger partial charge on any atom is 0.190 e. The van der Waals surface area contributed by atoms with Crippen molar-refractivity contribution in [2.75, 3.05) is 0 Å². The van der Waals surface area contributed by atoms with E-state index in [0.29, 0.717) is 12.0 Å². The Morgan fingerprint density at radius 2 is 2.15 bits per heavy atom. The molecule has 0 aliphatic heterocycles. The fourth-order valence-corrected chi connectivity index (χ4v) is 1.55. The van der Waals surface area contributed by atoms with E-state index >= 15 is 0 Å². The minimum atomic E-state index is -0.00264. The number of carbonyl (C=O) groups excluding carboxylic acids is 1. The standard InChI is InChI=1S/C11H7NO/c12-6-5-9-7-8-3-1-2-4-10(8)11(9)13/h1-5H,7H2/b9-5-. The average molecular weight is 169 g/mol. The van der Waals surface area contributed by atoms with Gasteiger partial charge in [0.25, 0.3) is 0 Å². The molecular formula is C11H7NO. The largest absolute Gasteiger partial charge is 0.289 e. The topological polar surface area (TPSA) is 40.9 Å². The third-order valence-corrected chi connectivity index (χ3v) is 2.17. The molecule has 0 heterocycles. The van der Waals surface area contributed by atoms with Crippen LogP contribution in [0.2, 0.25) is 0 Å². The second-order valence-corrected chi connectivity index (χ2v) is 2.96. The summed E-state index contributed by atoms with van der Waals surface area (Å²) in [5, 5.41) is 8.44. The predicted octanol–water partition coefficient (Wildman–Crippen LogP) is 1.88. The van der Waals surface area contributed by atoms with E-state index in [1.54, 1.807) is 6.07 Å². The molecule has 0 atom stereocenters. The van der Waals surface area contributed by atoms with Crippen molar-refractivity contribution in [2.45, 2.75) is 6.42 Å². The molecule has 0 fully saturated rings. The molecule has 1 aliphatic carbocycles. The summed E-state index contributed by atoms with van der Waals surface area (Å²) in [6, 6.07) is 9.36. The highest BCUT2D eigenvalue weighted by atomic mass is 16.1. The van der Waals surface area contributed by atoms with Crippen LogP contribution in [0.5, 0.6) is 0 Å². The van der Waals surface area contributed by atoms with Gasteiger partial charge >= 0.3 is 0 Å². The maximum atomic E-state index is 11.6. The first-order valence-electron chi connectivity index (χ1n) is 4.04. The highest BCUT2D eigenvalue weighted by Gasteiger charge is 2.23. The molecule has 1 aromatic rings. The van der Waals surface area contributed by atoms with E-state index in [1.807, 2.05) is 24.3 Å². The smallest absolute Gasteiger partial charge is 0.190 e. The average Bonchev–Trinajstić information content (AvgIpc) is 2.46. The third kappa shape index (κ3) is 1.15. The van der Waals surface area contributed by atoms with Crippen LogP contribution in [0.1, 0.15) is 15.9 Å². The van der Waals surface area contributed by atoms with Crippen molar-refractivity contribution >= 4 is 5.78 Å². The molecule has 0 saturated carbocycles. The molecule has 1 aromatic carbocycles. The molecule has 2 nitrogen and oxygen atoms in total. The normalized spacial score (nSPS) is 17.2. The quantitative estimate of drug-likeness (QED) is 0.439. The molecule has 0 amide bonds. The molecule has 0 aromatic heterocycles. The summed E-state index contributed by atoms with van der Waals surface area (Å²) in [6.07, 6.45) is 1.94. The van der Waals surface area contributed by atoms with Gasteiger partial charge in [0.05, 0.1) is 6.07 Å². The molecule has 0 N–H and O–H groups in total. The predicted molar refractivity (Wildman–Crippen MR) is 48.2 cm³/mol. The Bertz CT molecular complexity index is 438. The van der Waals surface area contributed by atoms with Gasteiger partial charge in [0.1, 0.15) is 0 Å². The number of allylic oxidation sites excluding steroid dienone is 2. The number of nitriles is 1. The minimum absolute atomic E-state index is 0.00264. The Kier molecular flexibility index (Phi) is 1.71. The van der Waals surface area contributed by atoms with Crippen molar-refractivity contribution < 1.29 is 4.79 Å². The van der Waals surface area contributed by atoms with Crippen LogP contribution < -0.4 is 0 Å². The number of nitrogens with zero attached hydrogens (tertiary/aromatic N) is 1. The van der Waals surface area contributed by atoms with Crippen molar-refractivity contribution in [1.82, 2.24) is 0 Å². The molecule has 1 aliphatic rings. The second-order valence-electron chi connectivity index (χ2n) is 2.96. The number of benzene rings is 1. The highest BCUT2D eigenvalue weighted by Crippen LogP contribution is 2.25. The number of Topliss-reactive ketones (excluding diaryl/α,β-unsaturated/α-hetero) is 1. The Morgan fingerprint density at radius 1 is 1.38 bits per heavy atom. The van der Waals surface area contributed by atoms with E-state index in [-0.39, 0.29) is 5.78 Å². The lowest BCUT2D eigenvalue weighted by atomic mass is 10.1. The van der Waals surface area contributed by atoms with E-state index in [2.05, 4.69) is 0 Å². The van der Waals surface area contributed by atoms with Crippen molar-refractivity contribution in [3.8, 4) is 6.07 Å². The molecule has 2 heteroatoms. The van der Waals surface area contributed by atoms with E-state index in [1.165, 1.54) is 6.08 Å². The van der Waals surface area contributed by atoms with Crippen molar-refractivity contribution in [1.29, 1.82) is 5.26 Å². The number of rotatable bonds is 0. The summed E-state index contributed by atoms with van der Waals surface area (Å²) in [5.74, 6) is -0.00264.